The van der Waals surface area contributed by atoms with E-state index in [9.17, 15) is 9.59 Å². The average molecular weight is 326 g/mol. The van der Waals surface area contributed by atoms with Gasteiger partial charge in [0.1, 0.15) is 0 Å². The number of carbonyl (C=O) groups is 2. The molecule has 1 aromatic carbocycles. The molecule has 0 aromatic heterocycles. The van der Waals surface area contributed by atoms with Crippen LogP contribution in [0.4, 0.5) is 11.4 Å². The van der Waals surface area contributed by atoms with E-state index in [1.165, 1.54) is 0 Å². The van der Waals surface area contributed by atoms with Gasteiger partial charge in [-0.2, -0.15) is 0 Å². The van der Waals surface area contributed by atoms with Crippen LogP contribution in [0, 0.1) is 5.92 Å². The van der Waals surface area contributed by atoms with Gasteiger partial charge in [0.15, 0.2) is 0 Å². The van der Waals surface area contributed by atoms with Gasteiger partial charge in [-0.15, -0.1) is 13.2 Å². The Morgan fingerprint density at radius 3 is 1.79 bits per heavy atom. The maximum Gasteiger partial charge on any atom is 0.227 e. The summed E-state index contributed by atoms with van der Waals surface area (Å²) in [7, 11) is 0. The van der Waals surface area contributed by atoms with Gasteiger partial charge in [0, 0.05) is 25.9 Å². The van der Waals surface area contributed by atoms with Crippen LogP contribution in [0.2, 0.25) is 0 Å². The summed E-state index contributed by atoms with van der Waals surface area (Å²) in [5, 5.41) is 0. The molecule has 0 radical (unpaired) electrons. The molecule has 4 nitrogen and oxygen atoms in total. The first-order chi connectivity index (χ1) is 11.6. The van der Waals surface area contributed by atoms with E-state index >= 15 is 0 Å². The minimum absolute atomic E-state index is 0.0783. The second-order valence-electron chi connectivity index (χ2n) is 6.26. The molecule has 0 saturated carbocycles. The van der Waals surface area contributed by atoms with E-state index in [0.717, 1.165) is 11.4 Å². The lowest BCUT2D eigenvalue weighted by molar-refractivity contribution is -0.119. The molecule has 4 heteroatoms. The average Bonchev–Trinajstić information content (AvgIpc) is 2.74. The molecule has 0 unspecified atom stereocenters. The van der Waals surface area contributed by atoms with Crippen LogP contribution in [-0.4, -0.2) is 24.9 Å². The summed E-state index contributed by atoms with van der Waals surface area (Å²) in [6.45, 7) is 10.7. The van der Waals surface area contributed by atoms with E-state index in [2.05, 4.69) is 20.1 Å². The maximum absolute atomic E-state index is 12.6. The summed E-state index contributed by atoms with van der Waals surface area (Å²) in [5.74, 6) is 0.363. The van der Waals surface area contributed by atoms with Gasteiger partial charge in [0.2, 0.25) is 11.8 Å². The van der Waals surface area contributed by atoms with Crippen molar-refractivity contribution in [1.29, 1.82) is 0 Å². The number of amides is 2. The first-order valence-corrected chi connectivity index (χ1v) is 8.50. The maximum atomic E-state index is 12.6. The molecule has 1 aromatic rings. The SMILES string of the molecule is C=CCCC(=O)N1CC(C)CN(C(=O)CCC=C)c2ccccc21. The quantitative estimate of drug-likeness (QED) is 0.743. The largest absolute Gasteiger partial charge is 0.310 e. The van der Waals surface area contributed by atoms with Crippen LogP contribution in [0.1, 0.15) is 32.6 Å². The predicted octanol–water partition coefficient (Wildman–Crippen LogP) is 3.93. The van der Waals surface area contributed by atoms with Crippen LogP contribution in [0.15, 0.2) is 49.6 Å². The summed E-state index contributed by atoms with van der Waals surface area (Å²) in [5.41, 5.74) is 1.64. The minimum atomic E-state index is 0.0783. The summed E-state index contributed by atoms with van der Waals surface area (Å²) in [4.78, 5) is 28.9. The fourth-order valence-corrected chi connectivity index (χ4v) is 2.99. The topological polar surface area (TPSA) is 40.6 Å². The van der Waals surface area contributed by atoms with Gasteiger partial charge >= 0.3 is 0 Å². The molecule has 2 amide bonds. The fourth-order valence-electron chi connectivity index (χ4n) is 2.99. The number of hydrogen-bond acceptors (Lipinski definition) is 2. The molecule has 0 N–H and O–H groups in total. The molecular formula is C20H26N2O2. The second-order valence-corrected chi connectivity index (χ2v) is 6.26. The number of hydrogen-bond donors (Lipinski definition) is 0. The molecule has 0 bridgehead atoms. The number of rotatable bonds is 6. The summed E-state index contributed by atoms with van der Waals surface area (Å²) in [6, 6.07) is 7.67. The molecule has 0 fully saturated rings. The van der Waals surface area contributed by atoms with Gasteiger partial charge < -0.3 is 9.80 Å². The number of para-hydroxylation sites is 2. The molecule has 24 heavy (non-hydrogen) atoms. The fraction of sp³-hybridized carbons (Fsp3) is 0.400. The summed E-state index contributed by atoms with van der Waals surface area (Å²) in [6.07, 6.45) is 5.72. The molecule has 1 aliphatic rings. The molecule has 0 saturated heterocycles. The third kappa shape index (κ3) is 4.13. The van der Waals surface area contributed by atoms with Crippen molar-refractivity contribution in [2.75, 3.05) is 22.9 Å². The first kappa shape index (κ1) is 18.0. The number of allylic oxidation sites excluding steroid dienone is 2. The zero-order valence-corrected chi connectivity index (χ0v) is 14.4. The van der Waals surface area contributed by atoms with E-state index in [-0.39, 0.29) is 17.7 Å². The normalized spacial score (nSPS) is 14.7. The number of anilines is 2. The van der Waals surface area contributed by atoms with Crippen LogP contribution in [0.5, 0.6) is 0 Å². The molecule has 0 spiro atoms. The van der Waals surface area contributed by atoms with Gasteiger partial charge in [0.05, 0.1) is 11.4 Å². The lowest BCUT2D eigenvalue weighted by Crippen LogP contribution is -2.36. The van der Waals surface area contributed by atoms with Crippen molar-refractivity contribution in [2.24, 2.45) is 5.92 Å². The number of carbonyl (C=O) groups excluding carboxylic acids is 2. The standard InChI is InChI=1S/C20H26N2O2/c1-4-6-12-19(23)21-14-16(3)15-22(20(24)13-7-5-2)18-11-9-8-10-17(18)21/h4-5,8-11,16H,1-2,6-7,12-15H2,3H3. The van der Waals surface area contributed by atoms with Gasteiger partial charge in [-0.1, -0.05) is 31.2 Å². The Labute approximate surface area is 144 Å². The second kappa shape index (κ2) is 8.48. The molecule has 0 aliphatic carbocycles. The van der Waals surface area contributed by atoms with Gasteiger partial charge in [0.25, 0.3) is 0 Å². The summed E-state index contributed by atoms with van der Waals surface area (Å²) < 4.78 is 0. The zero-order chi connectivity index (χ0) is 17.5. The molecule has 1 heterocycles. The Hall–Kier alpha value is -2.36. The number of fused-ring (bicyclic) bond motifs is 1. The van der Waals surface area contributed by atoms with Crippen molar-refractivity contribution in [3.8, 4) is 0 Å². The smallest absolute Gasteiger partial charge is 0.227 e. The number of benzene rings is 1. The Kier molecular flexibility index (Phi) is 6.36. The van der Waals surface area contributed by atoms with Crippen LogP contribution >= 0.6 is 0 Å². The first-order valence-electron chi connectivity index (χ1n) is 8.50. The molecular weight excluding hydrogens is 300 g/mol. The Morgan fingerprint density at radius 1 is 1.00 bits per heavy atom. The summed E-state index contributed by atoms with van der Waals surface area (Å²) >= 11 is 0. The van der Waals surface area contributed by atoms with Crippen molar-refractivity contribution in [2.45, 2.75) is 32.6 Å². The molecule has 128 valence electrons. The van der Waals surface area contributed by atoms with Crippen LogP contribution in [0.25, 0.3) is 0 Å². The van der Waals surface area contributed by atoms with E-state index in [1.54, 1.807) is 12.2 Å². The van der Waals surface area contributed by atoms with Gasteiger partial charge in [-0.05, 0) is 30.9 Å². The van der Waals surface area contributed by atoms with E-state index in [1.807, 2.05) is 34.1 Å². The van der Waals surface area contributed by atoms with Gasteiger partial charge in [-0.3, -0.25) is 9.59 Å². The lowest BCUT2D eigenvalue weighted by Gasteiger charge is -2.25. The number of nitrogens with zero attached hydrogens (tertiary/aromatic N) is 2. The van der Waals surface area contributed by atoms with Crippen molar-refractivity contribution >= 4 is 23.2 Å². The van der Waals surface area contributed by atoms with E-state index < -0.39 is 0 Å². The third-order valence-corrected chi connectivity index (χ3v) is 4.18. The highest BCUT2D eigenvalue weighted by Crippen LogP contribution is 2.34. The van der Waals surface area contributed by atoms with Crippen molar-refractivity contribution in [1.82, 2.24) is 0 Å². The molecule has 2 rings (SSSR count). The highest BCUT2D eigenvalue weighted by Gasteiger charge is 2.30. The van der Waals surface area contributed by atoms with Crippen molar-refractivity contribution in [3.63, 3.8) is 0 Å². The molecule has 1 aliphatic heterocycles. The monoisotopic (exact) mass is 326 g/mol. The Morgan fingerprint density at radius 2 is 1.42 bits per heavy atom. The van der Waals surface area contributed by atoms with Crippen molar-refractivity contribution < 1.29 is 9.59 Å². The van der Waals surface area contributed by atoms with E-state index in [0.29, 0.717) is 38.8 Å². The Bertz CT molecular complexity index is 571. The van der Waals surface area contributed by atoms with Crippen molar-refractivity contribution in [3.05, 3.63) is 49.6 Å². The predicted molar refractivity (Wildman–Crippen MR) is 99.2 cm³/mol. The lowest BCUT2D eigenvalue weighted by atomic mass is 10.1. The Balaban J connectivity index is 2.36. The van der Waals surface area contributed by atoms with Crippen LogP contribution in [-0.2, 0) is 9.59 Å². The molecule has 0 atom stereocenters. The highest BCUT2D eigenvalue weighted by molar-refractivity contribution is 6.02. The van der Waals surface area contributed by atoms with Gasteiger partial charge in [-0.25, -0.2) is 0 Å². The van der Waals surface area contributed by atoms with Crippen LogP contribution in [0.3, 0.4) is 0 Å². The van der Waals surface area contributed by atoms with Crippen LogP contribution < -0.4 is 9.80 Å². The zero-order valence-electron chi connectivity index (χ0n) is 14.4. The highest BCUT2D eigenvalue weighted by atomic mass is 16.2. The third-order valence-electron chi connectivity index (χ3n) is 4.18. The van der Waals surface area contributed by atoms with E-state index in [4.69, 9.17) is 0 Å². The minimum Gasteiger partial charge on any atom is -0.310 e.